The largest absolute Gasteiger partial charge is 0.467 e. The normalized spacial score (nSPS) is 26.6. The lowest BCUT2D eigenvalue weighted by Crippen LogP contribution is -2.56. The maximum atomic E-state index is 13.6. The molecule has 180 valence electrons. The third-order valence-corrected chi connectivity index (χ3v) is 8.66. The molecule has 3 aliphatic heterocycles. The van der Waals surface area contributed by atoms with Gasteiger partial charge in [-0.2, -0.15) is 0 Å². The van der Waals surface area contributed by atoms with Gasteiger partial charge in [0.15, 0.2) is 5.72 Å². The zero-order valence-electron chi connectivity index (χ0n) is 20.0. The van der Waals surface area contributed by atoms with E-state index in [-0.39, 0.29) is 12.3 Å². The summed E-state index contributed by atoms with van der Waals surface area (Å²) < 4.78 is 15.9. The van der Waals surface area contributed by atoms with E-state index >= 15 is 0 Å². The fourth-order valence-corrected chi connectivity index (χ4v) is 7.10. The molecule has 1 saturated heterocycles. The summed E-state index contributed by atoms with van der Waals surface area (Å²) in [7, 11) is 3.11. The number of para-hydroxylation sites is 2. The van der Waals surface area contributed by atoms with E-state index < -0.39 is 23.5 Å². The van der Waals surface area contributed by atoms with Crippen LogP contribution >= 0.6 is 0 Å². The van der Waals surface area contributed by atoms with E-state index in [4.69, 9.17) is 9.47 Å². The Morgan fingerprint density at radius 2 is 1.72 bits per heavy atom. The maximum absolute atomic E-state index is 13.6. The number of aliphatic hydroxyl groups is 1. The van der Waals surface area contributed by atoms with Gasteiger partial charge in [-0.3, -0.25) is 4.79 Å². The van der Waals surface area contributed by atoms with E-state index in [0.717, 1.165) is 49.2 Å². The van der Waals surface area contributed by atoms with Gasteiger partial charge < -0.3 is 28.6 Å². The molecule has 3 aliphatic rings. The minimum atomic E-state index is -1.95. The molecule has 8 rings (SSSR count). The van der Waals surface area contributed by atoms with E-state index in [1.807, 2.05) is 54.1 Å². The number of hydrogen-bond acceptors (Lipinski definition) is 5. The molecular weight excluding hydrogens is 458 g/mol. The number of nitrogens with zero attached hydrogens (tertiary/aromatic N) is 3. The molecule has 0 saturated carbocycles. The first-order chi connectivity index (χ1) is 17.3. The molecule has 0 unspecified atom stereocenters. The molecule has 8 nitrogen and oxygen atoms in total. The quantitative estimate of drug-likeness (QED) is 0.366. The van der Waals surface area contributed by atoms with E-state index in [9.17, 15) is 14.7 Å². The summed E-state index contributed by atoms with van der Waals surface area (Å²) in [5.74, 6) is -0.776. The number of benzene rings is 3. The summed E-state index contributed by atoms with van der Waals surface area (Å²) in [6, 6.07) is 15.9. The molecule has 1 N–H and O–H groups in total. The van der Waals surface area contributed by atoms with E-state index in [0.29, 0.717) is 12.1 Å². The third kappa shape index (κ3) is 1.93. The molecule has 0 aliphatic carbocycles. The van der Waals surface area contributed by atoms with Crippen LogP contribution in [0.4, 0.5) is 0 Å². The second-order valence-corrected chi connectivity index (χ2v) is 10.3. The van der Waals surface area contributed by atoms with E-state index in [2.05, 4.69) is 10.6 Å². The SMILES string of the molecule is COC(=O)[C@]1(O)C[C@@H]2O[C@@]1(C)n1c3ccccc3c3c4c(c5c6ccccc6n2c5c31)CN(C)C4=O. The van der Waals surface area contributed by atoms with Gasteiger partial charge in [-0.25, -0.2) is 4.79 Å². The predicted molar refractivity (Wildman–Crippen MR) is 134 cm³/mol. The highest BCUT2D eigenvalue weighted by atomic mass is 16.6. The van der Waals surface area contributed by atoms with Gasteiger partial charge in [-0.05, 0) is 24.6 Å². The lowest BCUT2D eigenvalue weighted by molar-refractivity contribution is -0.202. The summed E-state index contributed by atoms with van der Waals surface area (Å²) >= 11 is 0. The van der Waals surface area contributed by atoms with Crippen LogP contribution in [0.15, 0.2) is 48.5 Å². The molecule has 2 aromatic heterocycles. The lowest BCUT2D eigenvalue weighted by atomic mass is 9.88. The van der Waals surface area contributed by atoms with E-state index in [1.165, 1.54) is 7.11 Å². The Labute approximate surface area is 205 Å². The molecule has 5 aromatic rings. The molecule has 5 heterocycles. The van der Waals surface area contributed by atoms with Gasteiger partial charge in [-0.15, -0.1) is 0 Å². The predicted octanol–water partition coefficient (Wildman–Crippen LogP) is 4.00. The number of esters is 1. The van der Waals surface area contributed by atoms with Crippen molar-refractivity contribution >= 4 is 55.5 Å². The van der Waals surface area contributed by atoms with Crippen LogP contribution in [0.3, 0.4) is 0 Å². The van der Waals surface area contributed by atoms with Crippen LogP contribution in [-0.2, 0) is 26.5 Å². The molecule has 1 fully saturated rings. The first-order valence-corrected chi connectivity index (χ1v) is 12.1. The van der Waals surface area contributed by atoms with Crippen molar-refractivity contribution in [3.8, 4) is 0 Å². The number of methoxy groups -OCH3 is 1. The van der Waals surface area contributed by atoms with Gasteiger partial charge in [-0.1, -0.05) is 36.4 Å². The molecule has 36 heavy (non-hydrogen) atoms. The smallest absolute Gasteiger partial charge is 0.343 e. The Hall–Kier alpha value is -3.88. The lowest BCUT2D eigenvalue weighted by Gasteiger charge is -2.37. The van der Waals surface area contributed by atoms with Crippen molar-refractivity contribution in [2.75, 3.05) is 14.2 Å². The zero-order valence-corrected chi connectivity index (χ0v) is 20.0. The van der Waals surface area contributed by atoms with Gasteiger partial charge in [0.2, 0.25) is 5.60 Å². The first-order valence-electron chi connectivity index (χ1n) is 12.1. The van der Waals surface area contributed by atoms with Crippen LogP contribution in [0.5, 0.6) is 0 Å². The summed E-state index contributed by atoms with van der Waals surface area (Å²) in [6.45, 7) is 2.26. The van der Waals surface area contributed by atoms with Crippen molar-refractivity contribution < 1.29 is 24.2 Å². The van der Waals surface area contributed by atoms with Crippen molar-refractivity contribution in [2.24, 2.45) is 0 Å². The zero-order chi connectivity index (χ0) is 24.7. The standard InChI is InChI=1S/C28H23N3O5/c1-27-28(34,26(33)35-3)12-19(36-27)30-17-10-6-4-8-14(17)20-16-13-29(2)25(32)22(16)21-15-9-5-7-11-18(15)31(27)24(21)23(20)30/h4-11,19,34H,12-13H2,1-3H3/t19-,27+,28+/m0/s1. The van der Waals surface area contributed by atoms with Gasteiger partial charge in [0.25, 0.3) is 5.91 Å². The minimum Gasteiger partial charge on any atom is -0.467 e. The van der Waals surface area contributed by atoms with Crippen LogP contribution in [-0.4, -0.2) is 50.8 Å². The number of carbonyl (C=O) groups excluding carboxylic acids is 2. The highest BCUT2D eigenvalue weighted by molar-refractivity contribution is 6.31. The van der Waals surface area contributed by atoms with Crippen LogP contribution in [0.25, 0.3) is 43.6 Å². The highest BCUT2D eigenvalue weighted by Crippen LogP contribution is 2.58. The number of rotatable bonds is 1. The number of carbonyl (C=O) groups is 2. The van der Waals surface area contributed by atoms with E-state index in [1.54, 1.807) is 11.8 Å². The summed E-state index contributed by atoms with van der Waals surface area (Å²) in [5.41, 5.74) is 1.74. The van der Waals surface area contributed by atoms with Crippen LogP contribution in [0, 0.1) is 0 Å². The van der Waals surface area contributed by atoms with Crippen molar-refractivity contribution in [1.82, 2.24) is 14.0 Å². The Balaban J connectivity index is 1.73. The number of amides is 1. The third-order valence-electron chi connectivity index (χ3n) is 8.66. The Bertz CT molecular complexity index is 1870. The molecule has 2 bridgehead atoms. The minimum absolute atomic E-state index is 0.0321. The van der Waals surface area contributed by atoms with Crippen molar-refractivity contribution in [3.05, 3.63) is 59.7 Å². The molecular formula is C28H23N3O5. The number of fused-ring (bicyclic) bond motifs is 13. The van der Waals surface area contributed by atoms with Gasteiger partial charge in [0, 0.05) is 41.6 Å². The van der Waals surface area contributed by atoms with Crippen LogP contribution in [0.1, 0.15) is 35.5 Å². The Kier molecular flexibility index (Phi) is 3.44. The number of hydrogen-bond donors (Lipinski definition) is 1. The molecule has 8 heteroatoms. The van der Waals surface area contributed by atoms with Gasteiger partial charge >= 0.3 is 5.97 Å². The Morgan fingerprint density at radius 3 is 2.44 bits per heavy atom. The Morgan fingerprint density at radius 1 is 1.06 bits per heavy atom. The van der Waals surface area contributed by atoms with Crippen molar-refractivity contribution in [2.45, 2.75) is 37.4 Å². The van der Waals surface area contributed by atoms with Crippen molar-refractivity contribution in [1.29, 1.82) is 0 Å². The second-order valence-electron chi connectivity index (χ2n) is 10.3. The second kappa shape index (κ2) is 6.08. The topological polar surface area (TPSA) is 85.9 Å². The summed E-state index contributed by atoms with van der Waals surface area (Å²) in [5, 5.41) is 15.8. The average Bonchev–Trinajstić information content (AvgIpc) is 3.54. The monoisotopic (exact) mass is 481 g/mol. The van der Waals surface area contributed by atoms with Crippen LogP contribution in [0.2, 0.25) is 0 Å². The number of ether oxygens (including phenoxy) is 2. The molecule has 3 atom stereocenters. The first kappa shape index (κ1) is 20.3. The average molecular weight is 482 g/mol. The fourth-order valence-electron chi connectivity index (χ4n) is 7.10. The van der Waals surface area contributed by atoms with Crippen molar-refractivity contribution in [3.63, 3.8) is 0 Å². The molecule has 0 radical (unpaired) electrons. The fraction of sp³-hybridized carbons (Fsp3) is 0.286. The highest BCUT2D eigenvalue weighted by Gasteiger charge is 2.65. The van der Waals surface area contributed by atoms with Gasteiger partial charge in [0.05, 0.1) is 34.7 Å². The summed E-state index contributed by atoms with van der Waals surface area (Å²) in [6.07, 6.45) is -0.580. The van der Waals surface area contributed by atoms with Crippen LogP contribution < -0.4 is 0 Å². The number of aromatic nitrogens is 2. The molecule has 0 spiro atoms. The molecule has 1 amide bonds. The maximum Gasteiger partial charge on any atom is 0.343 e. The summed E-state index contributed by atoms with van der Waals surface area (Å²) in [4.78, 5) is 28.6. The molecule has 3 aromatic carbocycles. The van der Waals surface area contributed by atoms with Gasteiger partial charge in [0.1, 0.15) is 6.23 Å².